The fourth-order valence-corrected chi connectivity index (χ4v) is 1.34. The van der Waals surface area contributed by atoms with Gasteiger partial charge in [-0.1, -0.05) is 28.1 Å². The highest BCUT2D eigenvalue weighted by Gasteiger charge is 2.13. The van der Waals surface area contributed by atoms with Crippen molar-refractivity contribution < 1.29 is 4.79 Å². The van der Waals surface area contributed by atoms with Crippen molar-refractivity contribution >= 4 is 27.7 Å². The van der Waals surface area contributed by atoms with E-state index in [1.165, 1.54) is 6.20 Å². The topological polar surface area (TPSA) is 43.2 Å². The predicted molar refractivity (Wildman–Crippen MR) is 52.8 cm³/mol. The van der Waals surface area contributed by atoms with Gasteiger partial charge < -0.3 is 5.32 Å². The molecule has 1 aromatic carbocycles. The van der Waals surface area contributed by atoms with Gasteiger partial charge in [0.05, 0.1) is 11.9 Å². The summed E-state index contributed by atoms with van der Waals surface area (Å²) in [5.41, 5.74) is 1.70. The van der Waals surface area contributed by atoms with Gasteiger partial charge in [-0.2, -0.15) is 5.32 Å². The van der Waals surface area contributed by atoms with E-state index in [0.29, 0.717) is 0 Å². The number of halogens is 1. The molecule has 4 heteroatoms. The van der Waals surface area contributed by atoms with Crippen LogP contribution in [0.1, 0.15) is 5.56 Å². The molecule has 0 unspecified atom stereocenters. The molecule has 0 saturated carbocycles. The molecule has 2 amide bonds. The first-order valence-corrected chi connectivity index (χ1v) is 4.53. The van der Waals surface area contributed by atoms with Crippen molar-refractivity contribution in [3.63, 3.8) is 0 Å². The van der Waals surface area contributed by atoms with Crippen LogP contribution in [0.3, 0.4) is 0 Å². The lowest BCUT2D eigenvalue weighted by Gasteiger charge is -2.00. The zero-order valence-corrected chi connectivity index (χ0v) is 8.21. The van der Waals surface area contributed by atoms with Crippen LogP contribution in [0.5, 0.6) is 0 Å². The molecule has 1 heterocycles. The van der Waals surface area contributed by atoms with E-state index in [2.05, 4.69) is 26.6 Å². The van der Waals surface area contributed by atoms with Gasteiger partial charge in [-0.05, 0) is 17.7 Å². The van der Waals surface area contributed by atoms with Crippen molar-refractivity contribution in [2.24, 2.45) is 0 Å². The third kappa shape index (κ3) is 1.72. The number of benzene rings is 1. The number of nitrogens with zero attached hydrogens (tertiary/aromatic N) is 1. The van der Waals surface area contributed by atoms with E-state index in [1.807, 2.05) is 24.3 Å². The van der Waals surface area contributed by atoms with Crippen molar-refractivity contribution in [2.45, 2.75) is 0 Å². The van der Waals surface area contributed by atoms with Crippen LogP contribution in [0.2, 0.25) is 0 Å². The Labute approximate surface area is 84.0 Å². The second kappa shape index (κ2) is 3.22. The highest BCUT2D eigenvalue weighted by atomic mass is 79.9. The Kier molecular flexibility index (Phi) is 2.06. The third-order valence-corrected chi connectivity index (χ3v) is 2.24. The van der Waals surface area contributed by atoms with Gasteiger partial charge in [0, 0.05) is 4.47 Å². The summed E-state index contributed by atoms with van der Waals surface area (Å²) in [5, 5.41) is 6.22. The number of hydrogen-bond donors (Lipinski definition) is 1. The summed E-state index contributed by atoms with van der Waals surface area (Å²) >= 11 is 3.34. The summed E-state index contributed by atoms with van der Waals surface area (Å²) in [4.78, 5) is 10.8. The minimum absolute atomic E-state index is 0.307. The number of amides is 2. The summed E-state index contributed by atoms with van der Waals surface area (Å²) in [5.74, 6) is 0. The second-order valence-electron chi connectivity index (χ2n) is 2.61. The monoisotopic (exact) mass is 237 g/mol. The Morgan fingerprint density at radius 1 is 1.23 bits per heavy atom. The number of carbonyl (C=O) groups is 1. The molecular formula is C9H6BrN2O. The van der Waals surface area contributed by atoms with E-state index in [4.69, 9.17) is 0 Å². The largest absolute Gasteiger partial charge is 0.345 e. The predicted octanol–water partition coefficient (Wildman–Crippen LogP) is 2.08. The lowest BCUT2D eigenvalue weighted by molar-refractivity contribution is 0.249. The summed E-state index contributed by atoms with van der Waals surface area (Å²) in [6, 6.07) is 7.35. The molecule has 3 nitrogen and oxygen atoms in total. The Hall–Kier alpha value is -1.29. The van der Waals surface area contributed by atoms with Gasteiger partial charge in [0.2, 0.25) is 0 Å². The van der Waals surface area contributed by atoms with Crippen LogP contribution >= 0.6 is 15.9 Å². The summed E-state index contributed by atoms with van der Waals surface area (Å²) in [6.07, 6.45) is 1.53. The van der Waals surface area contributed by atoms with Gasteiger partial charge in [-0.15, -0.1) is 0 Å². The number of hydrogen-bond acceptors (Lipinski definition) is 1. The highest BCUT2D eigenvalue weighted by molar-refractivity contribution is 9.10. The SMILES string of the molecule is O=C1[N]C=C(c2ccc(Br)cc2)N1. The molecule has 0 atom stereocenters. The van der Waals surface area contributed by atoms with Crippen LogP contribution in [0.4, 0.5) is 4.79 Å². The molecule has 65 valence electrons. The number of urea groups is 1. The number of nitrogens with one attached hydrogen (secondary N) is 1. The van der Waals surface area contributed by atoms with E-state index in [0.717, 1.165) is 15.7 Å². The maximum atomic E-state index is 10.8. The first-order chi connectivity index (χ1) is 6.25. The molecule has 1 aliphatic rings. The fraction of sp³-hybridized carbons (Fsp3) is 0. The summed E-state index contributed by atoms with van der Waals surface area (Å²) < 4.78 is 1.01. The average molecular weight is 238 g/mol. The van der Waals surface area contributed by atoms with E-state index < -0.39 is 0 Å². The maximum absolute atomic E-state index is 10.8. The van der Waals surface area contributed by atoms with Crippen molar-refractivity contribution in [2.75, 3.05) is 0 Å². The van der Waals surface area contributed by atoms with Gasteiger partial charge in [0.25, 0.3) is 0 Å². The van der Waals surface area contributed by atoms with Gasteiger partial charge in [0.1, 0.15) is 0 Å². The van der Waals surface area contributed by atoms with E-state index >= 15 is 0 Å². The maximum Gasteiger partial charge on any atom is 0.345 e. The van der Waals surface area contributed by atoms with Gasteiger partial charge in [-0.25, -0.2) is 4.79 Å². The highest BCUT2D eigenvalue weighted by Crippen LogP contribution is 2.17. The zero-order valence-electron chi connectivity index (χ0n) is 6.62. The quantitative estimate of drug-likeness (QED) is 0.799. The lowest BCUT2D eigenvalue weighted by Crippen LogP contribution is -2.17. The van der Waals surface area contributed by atoms with Gasteiger partial charge >= 0.3 is 6.03 Å². The van der Waals surface area contributed by atoms with Gasteiger partial charge in [0.15, 0.2) is 0 Å². The average Bonchev–Trinajstić information content (AvgIpc) is 2.53. The molecule has 1 N–H and O–H groups in total. The summed E-state index contributed by atoms with van der Waals surface area (Å²) in [6.45, 7) is 0. The van der Waals surface area contributed by atoms with Crippen molar-refractivity contribution in [3.8, 4) is 0 Å². The molecule has 13 heavy (non-hydrogen) atoms. The van der Waals surface area contributed by atoms with Crippen LogP contribution < -0.4 is 10.6 Å². The summed E-state index contributed by atoms with van der Waals surface area (Å²) in [7, 11) is 0. The molecule has 0 aliphatic carbocycles. The van der Waals surface area contributed by atoms with E-state index in [-0.39, 0.29) is 6.03 Å². The minimum atomic E-state index is -0.307. The zero-order chi connectivity index (χ0) is 9.26. The van der Waals surface area contributed by atoms with E-state index in [1.54, 1.807) is 0 Å². The Morgan fingerprint density at radius 3 is 2.46 bits per heavy atom. The van der Waals surface area contributed by atoms with Crippen LogP contribution in [0.15, 0.2) is 34.9 Å². The molecule has 1 aromatic rings. The lowest BCUT2D eigenvalue weighted by atomic mass is 10.2. The normalized spacial score (nSPS) is 14.8. The molecule has 2 rings (SSSR count). The minimum Gasteiger partial charge on any atom is -0.304 e. The van der Waals surface area contributed by atoms with Crippen molar-refractivity contribution in [1.29, 1.82) is 0 Å². The molecule has 1 aliphatic heterocycles. The van der Waals surface area contributed by atoms with Crippen LogP contribution in [0.25, 0.3) is 5.70 Å². The molecule has 0 fully saturated rings. The second-order valence-corrected chi connectivity index (χ2v) is 3.52. The molecule has 0 saturated heterocycles. The fourth-order valence-electron chi connectivity index (χ4n) is 1.08. The number of carbonyl (C=O) groups excluding carboxylic acids is 1. The van der Waals surface area contributed by atoms with Crippen LogP contribution in [0, 0.1) is 0 Å². The Bertz CT molecular complexity index is 370. The number of rotatable bonds is 1. The van der Waals surface area contributed by atoms with Crippen molar-refractivity contribution in [3.05, 3.63) is 40.5 Å². The first kappa shape index (κ1) is 8.31. The standard InChI is InChI=1S/C9H6BrN2O/c10-7-3-1-6(2-4-7)8-5-11-9(13)12-8/h1-5H,(H,12,13). The van der Waals surface area contributed by atoms with Crippen molar-refractivity contribution in [1.82, 2.24) is 10.6 Å². The van der Waals surface area contributed by atoms with E-state index in [9.17, 15) is 4.79 Å². The molecular weight excluding hydrogens is 232 g/mol. The Balaban J connectivity index is 2.27. The molecule has 0 spiro atoms. The smallest absolute Gasteiger partial charge is 0.304 e. The van der Waals surface area contributed by atoms with Gasteiger partial charge in [-0.3, -0.25) is 0 Å². The first-order valence-electron chi connectivity index (χ1n) is 3.73. The van der Waals surface area contributed by atoms with Crippen LogP contribution in [-0.2, 0) is 0 Å². The molecule has 0 bridgehead atoms. The molecule has 0 aromatic heterocycles. The van der Waals surface area contributed by atoms with Crippen LogP contribution in [-0.4, -0.2) is 6.03 Å². The Morgan fingerprint density at radius 2 is 1.92 bits per heavy atom. The molecule has 1 radical (unpaired) electrons. The third-order valence-electron chi connectivity index (χ3n) is 1.71.